The summed E-state index contributed by atoms with van der Waals surface area (Å²) in [6.45, 7) is 7.23. The van der Waals surface area contributed by atoms with Crippen molar-refractivity contribution < 1.29 is 0 Å². The highest BCUT2D eigenvalue weighted by Gasteiger charge is 2.61. The highest BCUT2D eigenvalue weighted by molar-refractivity contribution is 5.92. The van der Waals surface area contributed by atoms with Crippen LogP contribution in [0.15, 0.2) is 206 Å². The van der Waals surface area contributed by atoms with Crippen molar-refractivity contribution in [1.82, 2.24) is 0 Å². The summed E-state index contributed by atoms with van der Waals surface area (Å²) in [5.41, 5.74) is 26.8. The summed E-state index contributed by atoms with van der Waals surface area (Å²) in [5.74, 6) is 3.20. The summed E-state index contributed by atoms with van der Waals surface area (Å²) < 4.78 is 0. The lowest BCUT2D eigenvalue weighted by molar-refractivity contribution is -0.0399. The Bertz CT molecular complexity index is 3580. The minimum Gasteiger partial charge on any atom is -0.310 e. The molecule has 9 aromatic carbocycles. The Hall–Kier alpha value is -7.22. The van der Waals surface area contributed by atoms with Crippen LogP contribution < -0.4 is 4.90 Å². The van der Waals surface area contributed by atoms with Gasteiger partial charge in [0.2, 0.25) is 0 Å². The Balaban J connectivity index is 0.884. The molecule has 0 aromatic heterocycles. The standard InChI is InChI=1S/C69H57N/c1-67(2)61-24-10-7-21-57(61)60-23-14-22-54(66(60)67)47-15-13-18-52(40-47)70(53-32-34-59-56-20-9-12-26-63(56)69(65(59)42-53)49-36-43-35-44(38-49)39-50(69)37-43)51-30-27-45(28-31-51)46-29-33-58-55-19-8-11-25-62(55)68(3,64(58)41-46)48-16-5-4-6-17-48/h4-34,40-44,49-50H,35-39H2,1-3H3. The minimum absolute atomic E-state index is 0.0827. The van der Waals surface area contributed by atoms with Gasteiger partial charge < -0.3 is 4.90 Å². The zero-order valence-electron chi connectivity index (χ0n) is 40.4. The van der Waals surface area contributed by atoms with Crippen molar-refractivity contribution in [3.8, 4) is 55.6 Å². The van der Waals surface area contributed by atoms with E-state index in [1.165, 1.54) is 133 Å². The molecule has 1 atom stereocenters. The topological polar surface area (TPSA) is 3.24 Å². The zero-order valence-corrected chi connectivity index (χ0v) is 40.4. The molecule has 338 valence electrons. The lowest BCUT2D eigenvalue weighted by Gasteiger charge is -2.61. The predicted molar refractivity (Wildman–Crippen MR) is 290 cm³/mol. The van der Waals surface area contributed by atoms with E-state index in [-0.39, 0.29) is 16.2 Å². The van der Waals surface area contributed by atoms with E-state index >= 15 is 0 Å². The lowest BCUT2D eigenvalue weighted by Crippen LogP contribution is -2.55. The van der Waals surface area contributed by atoms with Gasteiger partial charge in [0.05, 0.1) is 0 Å². The van der Waals surface area contributed by atoms with Gasteiger partial charge in [0.1, 0.15) is 0 Å². The number of anilines is 3. The van der Waals surface area contributed by atoms with E-state index < -0.39 is 0 Å². The maximum absolute atomic E-state index is 2.65. The van der Waals surface area contributed by atoms with Gasteiger partial charge in [0, 0.05) is 33.3 Å². The molecule has 0 N–H and O–H groups in total. The van der Waals surface area contributed by atoms with E-state index in [9.17, 15) is 0 Å². The third-order valence-corrected chi connectivity index (χ3v) is 18.9. The maximum Gasteiger partial charge on any atom is 0.0467 e. The fourth-order valence-electron chi connectivity index (χ4n) is 16.2. The van der Waals surface area contributed by atoms with Crippen LogP contribution in [0.2, 0.25) is 0 Å². The molecular weight excluding hydrogens is 843 g/mol. The van der Waals surface area contributed by atoms with Crippen LogP contribution >= 0.6 is 0 Å². The number of hydrogen-bond acceptors (Lipinski definition) is 1. The van der Waals surface area contributed by atoms with Crippen LogP contribution in [0.1, 0.15) is 91.8 Å². The van der Waals surface area contributed by atoms with Crippen LogP contribution in [0.5, 0.6) is 0 Å². The van der Waals surface area contributed by atoms with E-state index in [2.05, 4.69) is 232 Å². The molecule has 70 heavy (non-hydrogen) atoms. The summed E-state index contributed by atoms with van der Waals surface area (Å²) >= 11 is 0. The van der Waals surface area contributed by atoms with Crippen LogP contribution in [-0.2, 0) is 16.2 Å². The second-order valence-corrected chi connectivity index (χ2v) is 22.6. The SMILES string of the molecule is CC1(C)c2ccccc2-c2cccc(-c3cccc(N(c4ccc(-c5ccc6c(c5)C(C)(c5ccccc5)c5ccccc5-6)cc4)c4ccc5c(c4)C4(c6ccccc6-5)C5CC6CC(C5)CC4C6)c3)c21. The Kier molecular flexibility index (Phi) is 8.51. The molecule has 4 bridgehead atoms. The molecule has 7 aliphatic rings. The van der Waals surface area contributed by atoms with Crippen LogP contribution in [0, 0.1) is 23.7 Å². The van der Waals surface area contributed by atoms with Gasteiger partial charge in [0.15, 0.2) is 0 Å². The van der Waals surface area contributed by atoms with E-state index in [0.717, 1.165) is 11.8 Å². The molecule has 0 radical (unpaired) electrons. The fourth-order valence-corrected chi connectivity index (χ4v) is 16.2. The molecular formula is C69H57N. The predicted octanol–water partition coefficient (Wildman–Crippen LogP) is 17.9. The monoisotopic (exact) mass is 899 g/mol. The maximum atomic E-state index is 2.65. The largest absolute Gasteiger partial charge is 0.310 e. The van der Waals surface area contributed by atoms with Gasteiger partial charge >= 0.3 is 0 Å². The Morgan fingerprint density at radius 3 is 1.61 bits per heavy atom. The van der Waals surface area contributed by atoms with E-state index in [0.29, 0.717) is 11.8 Å². The number of benzene rings is 9. The molecule has 0 heterocycles. The first kappa shape index (κ1) is 40.6. The molecule has 7 aliphatic carbocycles. The molecule has 16 rings (SSSR count). The average molecular weight is 900 g/mol. The molecule has 1 spiro atoms. The van der Waals surface area contributed by atoms with Crippen molar-refractivity contribution in [2.75, 3.05) is 4.90 Å². The van der Waals surface area contributed by atoms with Crippen molar-refractivity contribution in [3.05, 3.63) is 245 Å². The molecule has 0 saturated heterocycles. The number of rotatable bonds is 6. The third kappa shape index (κ3) is 5.44. The summed E-state index contributed by atoms with van der Waals surface area (Å²) in [6, 6.07) is 79.2. The number of fused-ring (bicyclic) bond motifs is 9. The first-order valence-corrected chi connectivity index (χ1v) is 26.1. The van der Waals surface area contributed by atoms with Crippen molar-refractivity contribution in [2.24, 2.45) is 23.7 Å². The van der Waals surface area contributed by atoms with Gasteiger partial charge in [-0.25, -0.2) is 0 Å². The Morgan fingerprint density at radius 2 is 0.871 bits per heavy atom. The molecule has 1 nitrogen and oxygen atoms in total. The van der Waals surface area contributed by atoms with Crippen LogP contribution in [0.25, 0.3) is 55.6 Å². The third-order valence-electron chi connectivity index (χ3n) is 18.9. The van der Waals surface area contributed by atoms with Gasteiger partial charge in [-0.15, -0.1) is 0 Å². The van der Waals surface area contributed by atoms with Crippen molar-refractivity contribution >= 4 is 17.1 Å². The molecule has 9 aromatic rings. The van der Waals surface area contributed by atoms with Gasteiger partial charge in [-0.2, -0.15) is 0 Å². The summed E-state index contributed by atoms with van der Waals surface area (Å²) in [4.78, 5) is 2.56. The second-order valence-electron chi connectivity index (χ2n) is 22.6. The number of hydrogen-bond donors (Lipinski definition) is 0. The van der Waals surface area contributed by atoms with Crippen molar-refractivity contribution in [1.29, 1.82) is 0 Å². The molecule has 4 saturated carbocycles. The van der Waals surface area contributed by atoms with E-state index in [4.69, 9.17) is 0 Å². The second kappa shape index (κ2) is 14.7. The van der Waals surface area contributed by atoms with E-state index in [1.807, 2.05) is 0 Å². The highest BCUT2D eigenvalue weighted by Crippen LogP contribution is 2.70. The quantitative estimate of drug-likeness (QED) is 0.161. The Labute approximate surface area is 413 Å². The zero-order chi connectivity index (χ0) is 46.5. The van der Waals surface area contributed by atoms with Crippen LogP contribution in [0.4, 0.5) is 17.1 Å². The van der Waals surface area contributed by atoms with E-state index in [1.54, 1.807) is 11.1 Å². The molecule has 0 amide bonds. The molecule has 1 heteroatoms. The van der Waals surface area contributed by atoms with Gasteiger partial charge in [-0.3, -0.25) is 0 Å². The summed E-state index contributed by atoms with van der Waals surface area (Å²) in [6.07, 6.45) is 6.95. The Morgan fingerprint density at radius 1 is 0.343 bits per heavy atom. The highest BCUT2D eigenvalue weighted by atomic mass is 15.1. The number of nitrogens with zero attached hydrogens (tertiary/aromatic N) is 1. The summed E-state index contributed by atoms with van der Waals surface area (Å²) in [7, 11) is 0. The van der Waals surface area contributed by atoms with Crippen LogP contribution in [0.3, 0.4) is 0 Å². The van der Waals surface area contributed by atoms with Gasteiger partial charge in [-0.1, -0.05) is 178 Å². The first-order chi connectivity index (χ1) is 34.3. The van der Waals surface area contributed by atoms with Crippen LogP contribution in [-0.4, -0.2) is 0 Å². The fraction of sp³-hybridized carbons (Fsp3) is 0.217. The smallest absolute Gasteiger partial charge is 0.0467 e. The normalized spacial score (nSPS) is 24.2. The first-order valence-electron chi connectivity index (χ1n) is 26.1. The van der Waals surface area contributed by atoms with Crippen molar-refractivity contribution in [2.45, 2.75) is 69.1 Å². The average Bonchev–Trinajstić information content (AvgIpc) is 3.94. The minimum atomic E-state index is -0.246. The molecule has 1 unspecified atom stereocenters. The van der Waals surface area contributed by atoms with Gasteiger partial charge in [0.25, 0.3) is 0 Å². The molecule has 0 aliphatic heterocycles. The van der Waals surface area contributed by atoms with Crippen molar-refractivity contribution in [3.63, 3.8) is 0 Å². The lowest BCUT2D eigenvalue weighted by atomic mass is 9.43. The van der Waals surface area contributed by atoms with Gasteiger partial charge in [-0.05, 0) is 200 Å². The molecule has 4 fully saturated rings. The summed E-state index contributed by atoms with van der Waals surface area (Å²) in [5, 5.41) is 0.